The zero-order chi connectivity index (χ0) is 26.9. The Bertz CT molecular complexity index is 998. The fraction of sp³-hybridized carbons (Fsp3) is 0.688. The molecule has 4 heteroatoms. The molecule has 0 radical (unpaired) electrons. The zero-order valence-corrected chi connectivity index (χ0v) is 24.0. The molecule has 4 nitrogen and oxygen atoms in total. The molecule has 36 heavy (non-hydrogen) atoms. The highest BCUT2D eigenvalue weighted by Crippen LogP contribution is 2.70. The summed E-state index contributed by atoms with van der Waals surface area (Å²) in [5.41, 5.74) is 6.90. The van der Waals surface area contributed by atoms with Crippen LogP contribution >= 0.6 is 0 Å². The molecule has 0 spiro atoms. The lowest BCUT2D eigenvalue weighted by Gasteiger charge is -2.59. The Labute approximate surface area is 219 Å². The molecule has 0 aromatic rings. The van der Waals surface area contributed by atoms with Gasteiger partial charge in [0.05, 0.1) is 14.2 Å². The highest BCUT2D eigenvalue weighted by atomic mass is 16.5. The van der Waals surface area contributed by atoms with Crippen molar-refractivity contribution in [3.05, 3.63) is 46.6 Å². The van der Waals surface area contributed by atoms with E-state index in [2.05, 4.69) is 47.3 Å². The lowest BCUT2D eigenvalue weighted by molar-refractivity contribution is -0.141. The predicted octanol–water partition coefficient (Wildman–Crippen LogP) is 7.90. The van der Waals surface area contributed by atoms with Crippen LogP contribution in [0.5, 0.6) is 0 Å². The van der Waals surface area contributed by atoms with E-state index >= 15 is 0 Å². The van der Waals surface area contributed by atoms with Gasteiger partial charge in [-0.15, -0.1) is 0 Å². The molecule has 0 saturated heterocycles. The first kappa shape index (κ1) is 28.5. The van der Waals surface area contributed by atoms with E-state index in [1.165, 1.54) is 38.2 Å². The Morgan fingerprint density at radius 2 is 1.78 bits per heavy atom. The lowest BCUT2D eigenvalue weighted by Crippen LogP contribution is -2.50. The Balaban J connectivity index is 1.93. The second kappa shape index (κ2) is 10.7. The maximum Gasteiger partial charge on any atom is 0.333 e. The van der Waals surface area contributed by atoms with Gasteiger partial charge in [-0.05, 0) is 100 Å². The molecule has 0 bridgehead atoms. The average Bonchev–Trinajstić information content (AvgIpc) is 3.13. The summed E-state index contributed by atoms with van der Waals surface area (Å²) in [6.45, 7) is 18.1. The molecular weight excluding hydrogens is 448 g/mol. The summed E-state index contributed by atoms with van der Waals surface area (Å²) in [5.74, 6) is 0.567. The minimum atomic E-state index is -0.244. The number of ether oxygens (including phenoxy) is 2. The molecule has 3 rings (SSSR count). The number of esters is 2. The van der Waals surface area contributed by atoms with E-state index in [9.17, 15) is 9.59 Å². The standard InChI is InChI=1S/C32H48O4/c1-21(2)24-13-14-27-26(30(24,5)18-17-28(33)35-8)16-20-31(6)25(15-19-32(27,31)7)22(3)11-10-12-23(4)29(34)36-9/h12,16,24,27H,1,10-11,13-15,17-20H2,2-9H3/b23-12-,25-22-/t24-,27+,30-,31+,32-/m0/s1. The minimum absolute atomic E-state index is 0.0506. The van der Waals surface area contributed by atoms with E-state index in [4.69, 9.17) is 9.47 Å². The molecule has 0 aliphatic heterocycles. The molecule has 0 aromatic carbocycles. The number of carbonyl (C=O) groups is 2. The number of fused-ring (bicyclic) bond motifs is 3. The van der Waals surface area contributed by atoms with E-state index < -0.39 is 0 Å². The van der Waals surface area contributed by atoms with Gasteiger partial charge in [0.2, 0.25) is 0 Å². The van der Waals surface area contributed by atoms with E-state index in [1.807, 2.05) is 13.0 Å². The maximum absolute atomic E-state index is 12.1. The van der Waals surface area contributed by atoms with Crippen molar-refractivity contribution >= 4 is 11.9 Å². The third-order valence-corrected chi connectivity index (χ3v) is 10.5. The monoisotopic (exact) mass is 496 g/mol. The first-order valence-electron chi connectivity index (χ1n) is 13.7. The zero-order valence-electron chi connectivity index (χ0n) is 24.0. The van der Waals surface area contributed by atoms with Crippen LogP contribution in [0, 0.1) is 28.1 Å². The molecule has 0 N–H and O–H groups in total. The van der Waals surface area contributed by atoms with Gasteiger partial charge in [-0.2, -0.15) is 0 Å². The van der Waals surface area contributed by atoms with Gasteiger partial charge in [0.15, 0.2) is 0 Å². The number of hydrogen-bond donors (Lipinski definition) is 0. The number of methoxy groups -OCH3 is 2. The van der Waals surface area contributed by atoms with Crippen LogP contribution in [0.3, 0.4) is 0 Å². The van der Waals surface area contributed by atoms with Crippen LogP contribution in [-0.4, -0.2) is 26.2 Å². The van der Waals surface area contributed by atoms with Crippen molar-refractivity contribution in [2.45, 2.75) is 99.3 Å². The van der Waals surface area contributed by atoms with Crippen molar-refractivity contribution in [2.24, 2.45) is 28.1 Å². The Hall–Kier alpha value is -2.10. The van der Waals surface area contributed by atoms with Gasteiger partial charge in [0.25, 0.3) is 0 Å². The van der Waals surface area contributed by atoms with E-state index in [0.717, 1.165) is 38.5 Å². The third kappa shape index (κ3) is 4.77. The molecular formula is C32H48O4. The summed E-state index contributed by atoms with van der Waals surface area (Å²) in [6.07, 6.45) is 13.4. The van der Waals surface area contributed by atoms with E-state index in [-0.39, 0.29) is 28.2 Å². The largest absolute Gasteiger partial charge is 0.469 e. The Morgan fingerprint density at radius 3 is 2.39 bits per heavy atom. The van der Waals surface area contributed by atoms with Gasteiger partial charge in [-0.1, -0.05) is 61.8 Å². The van der Waals surface area contributed by atoms with E-state index in [0.29, 0.717) is 23.8 Å². The van der Waals surface area contributed by atoms with Crippen molar-refractivity contribution in [2.75, 3.05) is 14.2 Å². The molecule has 3 aliphatic rings. The number of carbonyl (C=O) groups excluding carboxylic acids is 2. The van der Waals surface area contributed by atoms with Crippen molar-refractivity contribution in [3.8, 4) is 0 Å². The molecule has 5 atom stereocenters. The SMILES string of the molecule is C=C(C)[C@@H]1CC[C@@H]2C(=CC[C@]3(C)/C(=C(/C)CC/C=C(/C)C(=O)OC)CC[C@@]23C)[C@@]1(C)CCC(=O)OC. The second-order valence-electron chi connectivity index (χ2n) is 12.3. The Kier molecular flexibility index (Phi) is 8.47. The van der Waals surface area contributed by atoms with Gasteiger partial charge in [-0.3, -0.25) is 4.79 Å². The first-order chi connectivity index (χ1) is 16.9. The summed E-state index contributed by atoms with van der Waals surface area (Å²) in [6, 6.07) is 0. The van der Waals surface area contributed by atoms with Gasteiger partial charge in [-0.25, -0.2) is 4.79 Å². The highest BCUT2D eigenvalue weighted by Gasteiger charge is 2.61. The molecule has 2 fully saturated rings. The maximum atomic E-state index is 12.1. The fourth-order valence-corrected chi connectivity index (χ4v) is 8.11. The average molecular weight is 497 g/mol. The molecule has 200 valence electrons. The molecule has 0 amide bonds. The fourth-order valence-electron chi connectivity index (χ4n) is 8.11. The topological polar surface area (TPSA) is 52.6 Å². The van der Waals surface area contributed by atoms with Crippen LogP contribution < -0.4 is 0 Å². The summed E-state index contributed by atoms with van der Waals surface area (Å²) in [7, 11) is 2.92. The highest BCUT2D eigenvalue weighted by molar-refractivity contribution is 5.87. The Morgan fingerprint density at radius 1 is 1.08 bits per heavy atom. The number of hydrogen-bond acceptors (Lipinski definition) is 4. The van der Waals surface area contributed by atoms with Crippen LogP contribution in [0.2, 0.25) is 0 Å². The summed E-state index contributed by atoms with van der Waals surface area (Å²) < 4.78 is 9.85. The quantitative estimate of drug-likeness (QED) is 0.195. The summed E-state index contributed by atoms with van der Waals surface area (Å²) in [4.78, 5) is 23.9. The van der Waals surface area contributed by atoms with Crippen molar-refractivity contribution < 1.29 is 19.1 Å². The normalized spacial score (nSPS) is 35.3. The van der Waals surface area contributed by atoms with Crippen molar-refractivity contribution in [1.82, 2.24) is 0 Å². The van der Waals surface area contributed by atoms with Gasteiger partial charge < -0.3 is 9.47 Å². The van der Waals surface area contributed by atoms with Gasteiger partial charge in [0, 0.05) is 12.0 Å². The smallest absolute Gasteiger partial charge is 0.333 e. The van der Waals surface area contributed by atoms with Gasteiger partial charge in [0.1, 0.15) is 0 Å². The van der Waals surface area contributed by atoms with Crippen LogP contribution in [0.15, 0.2) is 46.6 Å². The summed E-state index contributed by atoms with van der Waals surface area (Å²) >= 11 is 0. The third-order valence-electron chi connectivity index (χ3n) is 10.5. The van der Waals surface area contributed by atoms with Crippen molar-refractivity contribution in [3.63, 3.8) is 0 Å². The van der Waals surface area contributed by atoms with Crippen LogP contribution in [0.4, 0.5) is 0 Å². The van der Waals surface area contributed by atoms with Crippen LogP contribution in [0.25, 0.3) is 0 Å². The molecule has 0 aromatic heterocycles. The molecule has 3 aliphatic carbocycles. The first-order valence-corrected chi connectivity index (χ1v) is 13.7. The van der Waals surface area contributed by atoms with Gasteiger partial charge >= 0.3 is 11.9 Å². The molecule has 0 unspecified atom stereocenters. The summed E-state index contributed by atoms with van der Waals surface area (Å²) in [5, 5.41) is 0. The number of rotatable bonds is 8. The molecule has 0 heterocycles. The molecule has 2 saturated carbocycles. The second-order valence-corrected chi connectivity index (χ2v) is 12.3. The predicted molar refractivity (Wildman–Crippen MR) is 146 cm³/mol. The lowest BCUT2D eigenvalue weighted by atomic mass is 9.45. The van der Waals surface area contributed by atoms with Crippen molar-refractivity contribution in [1.29, 1.82) is 0 Å². The minimum Gasteiger partial charge on any atom is -0.469 e. The number of allylic oxidation sites excluding steroid dienone is 6. The van der Waals surface area contributed by atoms with Crippen LogP contribution in [-0.2, 0) is 19.1 Å². The van der Waals surface area contributed by atoms with E-state index in [1.54, 1.807) is 11.1 Å². The van der Waals surface area contributed by atoms with Crippen LogP contribution in [0.1, 0.15) is 99.3 Å².